The zero-order valence-corrected chi connectivity index (χ0v) is 13.7. The number of hydrogen-bond donors (Lipinski definition) is 1. The van der Waals surface area contributed by atoms with Crippen molar-refractivity contribution in [2.45, 2.75) is 18.9 Å². The molecule has 0 radical (unpaired) electrons. The van der Waals surface area contributed by atoms with Crippen LogP contribution < -0.4 is 5.73 Å². The molecular weight excluding hydrogens is 300 g/mol. The van der Waals surface area contributed by atoms with Crippen LogP contribution in [0.4, 0.5) is 0 Å². The van der Waals surface area contributed by atoms with Gasteiger partial charge in [0, 0.05) is 7.05 Å². The van der Waals surface area contributed by atoms with E-state index < -0.39 is 5.54 Å². The van der Waals surface area contributed by atoms with Crippen LogP contribution in [-0.2, 0) is 10.3 Å². The fraction of sp³-hybridized carbons (Fsp3) is 0.211. The van der Waals surface area contributed by atoms with Crippen molar-refractivity contribution in [3.8, 4) is 17.2 Å². The number of nitrogens with two attached hydrogens (primary N) is 1. The molecule has 5 nitrogen and oxygen atoms in total. The highest BCUT2D eigenvalue weighted by atomic mass is 16.2. The maximum absolute atomic E-state index is 12.2. The Labute approximate surface area is 141 Å². The summed E-state index contributed by atoms with van der Waals surface area (Å²) in [6.45, 7) is 1.84. The van der Waals surface area contributed by atoms with Gasteiger partial charge < -0.3 is 5.73 Å². The molecule has 1 heterocycles. The molecule has 1 atom stereocenters. The normalized spacial score (nSPS) is 20.5. The SMILES string of the molecule is CN1C(=O)CC(C)(c2cc(-c3ccccc3)ccc2C#N)N=C1N. The van der Waals surface area contributed by atoms with Gasteiger partial charge in [-0.15, -0.1) is 0 Å². The number of aliphatic imine (C=N–C) groups is 1. The van der Waals surface area contributed by atoms with Gasteiger partial charge in [0.05, 0.1) is 23.6 Å². The van der Waals surface area contributed by atoms with Gasteiger partial charge in [0.15, 0.2) is 5.96 Å². The molecule has 0 bridgehead atoms. The largest absolute Gasteiger partial charge is 0.369 e. The highest BCUT2D eigenvalue weighted by Gasteiger charge is 2.37. The first kappa shape index (κ1) is 15.8. The minimum Gasteiger partial charge on any atom is -0.369 e. The van der Waals surface area contributed by atoms with Crippen molar-refractivity contribution in [3.05, 3.63) is 59.7 Å². The average Bonchev–Trinajstić information content (AvgIpc) is 2.60. The Morgan fingerprint density at radius 2 is 1.92 bits per heavy atom. The molecule has 0 saturated carbocycles. The molecule has 24 heavy (non-hydrogen) atoms. The van der Waals surface area contributed by atoms with Crippen LogP contribution in [0.25, 0.3) is 11.1 Å². The molecule has 1 amide bonds. The maximum atomic E-state index is 12.2. The Morgan fingerprint density at radius 1 is 1.21 bits per heavy atom. The molecule has 1 aliphatic heterocycles. The Hall–Kier alpha value is -3.13. The highest BCUT2D eigenvalue weighted by Crippen LogP contribution is 2.37. The Kier molecular flexibility index (Phi) is 3.82. The number of nitrogens with zero attached hydrogens (tertiary/aromatic N) is 3. The van der Waals surface area contributed by atoms with Crippen LogP contribution in [0.5, 0.6) is 0 Å². The van der Waals surface area contributed by atoms with Crippen molar-refractivity contribution in [1.29, 1.82) is 5.26 Å². The van der Waals surface area contributed by atoms with Crippen LogP contribution in [0.15, 0.2) is 53.5 Å². The van der Waals surface area contributed by atoms with Crippen LogP contribution in [-0.4, -0.2) is 23.8 Å². The van der Waals surface area contributed by atoms with Gasteiger partial charge in [0.25, 0.3) is 0 Å². The molecule has 5 heteroatoms. The lowest BCUT2D eigenvalue weighted by Gasteiger charge is -2.34. The van der Waals surface area contributed by atoms with E-state index in [2.05, 4.69) is 11.1 Å². The molecule has 0 aromatic heterocycles. The number of amides is 1. The fourth-order valence-corrected chi connectivity index (χ4v) is 2.96. The number of nitriles is 1. The lowest BCUT2D eigenvalue weighted by atomic mass is 9.83. The van der Waals surface area contributed by atoms with Crippen LogP contribution in [0.2, 0.25) is 0 Å². The third-order valence-electron chi connectivity index (χ3n) is 4.40. The minimum absolute atomic E-state index is 0.112. The first-order chi connectivity index (χ1) is 11.4. The topological polar surface area (TPSA) is 82.5 Å². The van der Waals surface area contributed by atoms with Crippen LogP contribution in [0, 0.1) is 11.3 Å². The van der Waals surface area contributed by atoms with Crippen LogP contribution in [0.1, 0.15) is 24.5 Å². The van der Waals surface area contributed by atoms with E-state index in [9.17, 15) is 10.1 Å². The van der Waals surface area contributed by atoms with Gasteiger partial charge in [-0.2, -0.15) is 5.26 Å². The number of hydrogen-bond acceptors (Lipinski definition) is 4. The fourth-order valence-electron chi connectivity index (χ4n) is 2.96. The van der Waals surface area contributed by atoms with E-state index in [1.54, 1.807) is 13.1 Å². The summed E-state index contributed by atoms with van der Waals surface area (Å²) in [6.07, 6.45) is 0.178. The summed E-state index contributed by atoms with van der Waals surface area (Å²) >= 11 is 0. The zero-order valence-electron chi connectivity index (χ0n) is 13.7. The Morgan fingerprint density at radius 3 is 2.54 bits per heavy atom. The van der Waals surface area contributed by atoms with Crippen molar-refractivity contribution < 1.29 is 4.79 Å². The smallest absolute Gasteiger partial charge is 0.231 e. The lowest BCUT2D eigenvalue weighted by molar-refractivity contribution is -0.128. The highest BCUT2D eigenvalue weighted by molar-refractivity contribution is 5.98. The van der Waals surface area contributed by atoms with E-state index in [-0.39, 0.29) is 18.3 Å². The average molecular weight is 318 g/mol. The second kappa shape index (κ2) is 5.82. The predicted molar refractivity (Wildman–Crippen MR) is 93.0 cm³/mol. The molecule has 0 spiro atoms. The van der Waals surface area contributed by atoms with Gasteiger partial charge in [-0.25, -0.2) is 4.99 Å². The van der Waals surface area contributed by atoms with Gasteiger partial charge in [0.1, 0.15) is 0 Å². The lowest BCUT2D eigenvalue weighted by Crippen LogP contribution is -2.47. The van der Waals surface area contributed by atoms with E-state index in [4.69, 9.17) is 5.73 Å². The summed E-state index contributed by atoms with van der Waals surface area (Å²) in [5.74, 6) is 0.0572. The summed E-state index contributed by atoms with van der Waals surface area (Å²) < 4.78 is 0. The monoisotopic (exact) mass is 318 g/mol. The van der Waals surface area contributed by atoms with Crippen molar-refractivity contribution in [2.24, 2.45) is 10.7 Å². The summed E-state index contributed by atoms with van der Waals surface area (Å²) in [4.78, 5) is 18.1. The molecule has 0 aliphatic carbocycles. The van der Waals surface area contributed by atoms with Crippen molar-refractivity contribution in [3.63, 3.8) is 0 Å². The van der Waals surface area contributed by atoms with Gasteiger partial charge in [-0.1, -0.05) is 36.4 Å². The van der Waals surface area contributed by atoms with E-state index in [0.29, 0.717) is 5.56 Å². The number of carbonyl (C=O) groups excluding carboxylic acids is 1. The van der Waals surface area contributed by atoms with Crippen LogP contribution in [0.3, 0.4) is 0 Å². The van der Waals surface area contributed by atoms with E-state index in [0.717, 1.165) is 16.7 Å². The van der Waals surface area contributed by atoms with Crippen molar-refractivity contribution >= 4 is 11.9 Å². The molecule has 2 aromatic carbocycles. The van der Waals surface area contributed by atoms with Gasteiger partial charge in [0.2, 0.25) is 5.91 Å². The third-order valence-corrected chi connectivity index (χ3v) is 4.40. The standard InChI is InChI=1S/C19H18N4O/c1-19(11-17(24)23(2)18(21)22-19)16-10-14(8-9-15(16)12-20)13-6-4-3-5-7-13/h3-10H,11H2,1-2H3,(H2,21,22). The molecule has 1 aliphatic rings. The van der Waals surface area contributed by atoms with Crippen LogP contribution >= 0.6 is 0 Å². The van der Waals surface area contributed by atoms with E-state index in [1.165, 1.54) is 4.90 Å². The van der Waals surface area contributed by atoms with Gasteiger partial charge >= 0.3 is 0 Å². The van der Waals surface area contributed by atoms with Crippen molar-refractivity contribution in [1.82, 2.24) is 4.90 Å². The summed E-state index contributed by atoms with van der Waals surface area (Å²) in [7, 11) is 1.60. The quantitative estimate of drug-likeness (QED) is 0.924. The summed E-state index contributed by atoms with van der Waals surface area (Å²) in [6, 6.07) is 17.7. The molecule has 3 rings (SSSR count). The number of rotatable bonds is 2. The summed E-state index contributed by atoms with van der Waals surface area (Å²) in [5.41, 5.74) is 8.30. The number of guanidine groups is 1. The third kappa shape index (κ3) is 2.63. The van der Waals surface area contributed by atoms with E-state index >= 15 is 0 Å². The Balaban J connectivity index is 2.17. The van der Waals surface area contributed by atoms with Crippen molar-refractivity contribution in [2.75, 3.05) is 7.05 Å². The molecule has 0 fully saturated rings. The van der Waals surface area contributed by atoms with E-state index in [1.807, 2.05) is 49.4 Å². The molecule has 1 unspecified atom stereocenters. The number of carbonyl (C=O) groups is 1. The van der Waals surface area contributed by atoms with Gasteiger partial charge in [-0.05, 0) is 35.7 Å². The minimum atomic E-state index is -0.844. The van der Waals surface area contributed by atoms with Gasteiger partial charge in [-0.3, -0.25) is 9.69 Å². The second-order valence-corrected chi connectivity index (χ2v) is 6.11. The maximum Gasteiger partial charge on any atom is 0.231 e. The molecule has 120 valence electrons. The molecule has 2 aromatic rings. The zero-order chi connectivity index (χ0) is 17.3. The number of benzene rings is 2. The summed E-state index contributed by atoms with van der Waals surface area (Å²) in [5, 5.41) is 9.48. The Bertz CT molecular complexity index is 867. The molecule has 0 saturated heterocycles. The predicted octanol–water partition coefficient (Wildman–Crippen LogP) is 2.62. The molecule has 2 N–H and O–H groups in total. The second-order valence-electron chi connectivity index (χ2n) is 6.11. The first-order valence-corrected chi connectivity index (χ1v) is 7.66. The molecular formula is C19H18N4O. The first-order valence-electron chi connectivity index (χ1n) is 7.66.